The highest BCUT2D eigenvalue weighted by Crippen LogP contribution is 2.29. The third-order valence-corrected chi connectivity index (χ3v) is 4.62. The molecule has 146 valence electrons. The van der Waals surface area contributed by atoms with Crippen molar-refractivity contribution in [3.05, 3.63) is 69.3 Å². The van der Waals surface area contributed by atoms with Crippen LogP contribution in [0.25, 0.3) is 0 Å². The number of carbonyl (C=O) groups is 2. The molecule has 3 rings (SSSR count). The Morgan fingerprint density at radius 2 is 1.71 bits per heavy atom. The lowest BCUT2D eigenvalue weighted by molar-refractivity contribution is -0.384. The number of hydrogen-bond acceptors (Lipinski definition) is 6. The molecule has 28 heavy (non-hydrogen) atoms. The van der Waals surface area contributed by atoms with Crippen molar-refractivity contribution in [3.63, 3.8) is 0 Å². The van der Waals surface area contributed by atoms with Crippen molar-refractivity contribution in [2.45, 2.75) is 0 Å². The van der Waals surface area contributed by atoms with Gasteiger partial charge < -0.3 is 14.5 Å². The van der Waals surface area contributed by atoms with Crippen LogP contribution in [0, 0.1) is 10.1 Å². The van der Waals surface area contributed by atoms with Gasteiger partial charge in [0.1, 0.15) is 5.69 Å². The van der Waals surface area contributed by atoms with Crippen LogP contribution in [-0.4, -0.2) is 61.9 Å². The Balaban J connectivity index is 1.98. The van der Waals surface area contributed by atoms with Gasteiger partial charge in [0.05, 0.1) is 23.7 Å². The average Bonchev–Trinajstić information content (AvgIpc) is 2.72. The largest absolute Gasteiger partial charge is 0.378 e. The van der Waals surface area contributed by atoms with Gasteiger partial charge >= 0.3 is 0 Å². The molecule has 1 heterocycles. The first-order chi connectivity index (χ1) is 13.4. The highest BCUT2D eigenvalue weighted by Gasteiger charge is 2.25. The monoisotopic (exact) mass is 383 g/mol. The zero-order valence-electron chi connectivity index (χ0n) is 15.8. The fourth-order valence-corrected chi connectivity index (χ4v) is 3.15. The Kier molecular flexibility index (Phi) is 5.70. The molecule has 0 aliphatic carbocycles. The van der Waals surface area contributed by atoms with Crippen LogP contribution in [0.1, 0.15) is 26.3 Å². The predicted octanol–water partition coefficient (Wildman–Crippen LogP) is 2.36. The maximum Gasteiger partial charge on any atom is 0.293 e. The van der Waals surface area contributed by atoms with Gasteiger partial charge in [-0.2, -0.15) is 0 Å². The number of nitro benzene ring substituents is 1. The number of anilines is 1. The zero-order chi connectivity index (χ0) is 20.3. The Morgan fingerprint density at radius 1 is 1.07 bits per heavy atom. The number of rotatable bonds is 5. The van der Waals surface area contributed by atoms with Crippen LogP contribution in [0.2, 0.25) is 0 Å². The van der Waals surface area contributed by atoms with E-state index in [9.17, 15) is 19.7 Å². The summed E-state index contributed by atoms with van der Waals surface area (Å²) in [5, 5.41) is 11.4. The van der Waals surface area contributed by atoms with Crippen LogP contribution in [0.5, 0.6) is 0 Å². The molecule has 0 atom stereocenters. The molecule has 1 amide bonds. The summed E-state index contributed by atoms with van der Waals surface area (Å²) < 4.78 is 5.27. The van der Waals surface area contributed by atoms with E-state index in [1.165, 1.54) is 12.1 Å². The van der Waals surface area contributed by atoms with Crippen molar-refractivity contribution in [2.75, 3.05) is 45.3 Å². The minimum Gasteiger partial charge on any atom is -0.378 e. The van der Waals surface area contributed by atoms with E-state index in [0.717, 1.165) is 0 Å². The van der Waals surface area contributed by atoms with E-state index < -0.39 is 10.7 Å². The average molecular weight is 383 g/mol. The Bertz CT molecular complexity index is 920. The smallest absolute Gasteiger partial charge is 0.293 e. The van der Waals surface area contributed by atoms with Crippen LogP contribution in [0.15, 0.2) is 42.5 Å². The quantitative estimate of drug-likeness (QED) is 0.447. The topological polar surface area (TPSA) is 93.0 Å². The molecule has 8 heteroatoms. The lowest BCUT2D eigenvalue weighted by Crippen LogP contribution is -2.41. The van der Waals surface area contributed by atoms with Gasteiger partial charge in [-0.05, 0) is 18.2 Å². The fourth-order valence-electron chi connectivity index (χ4n) is 3.15. The second-order valence-corrected chi connectivity index (χ2v) is 6.63. The summed E-state index contributed by atoms with van der Waals surface area (Å²) in [5.74, 6) is -0.669. The molecular formula is C20H21N3O5. The molecule has 0 radical (unpaired) electrons. The summed E-state index contributed by atoms with van der Waals surface area (Å²) in [7, 11) is 3.39. The number of morpholine rings is 1. The second kappa shape index (κ2) is 8.18. The molecule has 1 aliphatic rings. The minimum absolute atomic E-state index is 0.159. The van der Waals surface area contributed by atoms with Crippen molar-refractivity contribution >= 4 is 23.1 Å². The number of nitrogens with zero attached hydrogens (tertiary/aromatic N) is 3. The molecule has 0 N–H and O–H groups in total. The molecule has 0 aromatic heterocycles. The van der Waals surface area contributed by atoms with Crippen LogP contribution in [0.3, 0.4) is 0 Å². The maximum absolute atomic E-state index is 13.1. The molecule has 0 bridgehead atoms. The van der Waals surface area contributed by atoms with E-state index in [1.807, 2.05) is 0 Å². The van der Waals surface area contributed by atoms with Crippen molar-refractivity contribution in [3.8, 4) is 0 Å². The van der Waals surface area contributed by atoms with Crippen molar-refractivity contribution < 1.29 is 19.2 Å². The lowest BCUT2D eigenvalue weighted by atomic mass is 9.96. The summed E-state index contributed by atoms with van der Waals surface area (Å²) in [5.41, 5.74) is 0.922. The number of hydrogen-bond donors (Lipinski definition) is 0. The molecule has 1 fully saturated rings. The third-order valence-electron chi connectivity index (χ3n) is 4.62. The molecule has 2 aromatic rings. The first-order valence-corrected chi connectivity index (χ1v) is 8.86. The molecule has 2 aromatic carbocycles. The Morgan fingerprint density at radius 3 is 2.32 bits per heavy atom. The van der Waals surface area contributed by atoms with Gasteiger partial charge in [-0.3, -0.25) is 19.7 Å². The Hall–Kier alpha value is -3.26. The fraction of sp³-hybridized carbons (Fsp3) is 0.300. The molecule has 1 saturated heterocycles. The number of ketones is 1. The van der Waals surface area contributed by atoms with E-state index in [-0.39, 0.29) is 28.3 Å². The van der Waals surface area contributed by atoms with Crippen LogP contribution < -0.4 is 4.90 Å². The molecule has 0 unspecified atom stereocenters. The SMILES string of the molecule is CN(C)c1ccc(C(=O)c2ccccc2C(=O)N2CCOCC2)cc1[N+](=O)[O-]. The standard InChI is InChI=1S/C20H21N3O5/c1-21(2)17-8-7-14(13-18(17)23(26)27)19(24)15-5-3-4-6-16(15)20(25)22-9-11-28-12-10-22/h3-8,13H,9-12H2,1-2H3. The molecule has 0 spiro atoms. The highest BCUT2D eigenvalue weighted by molar-refractivity contribution is 6.15. The van der Waals surface area contributed by atoms with E-state index in [1.54, 1.807) is 54.2 Å². The number of amides is 1. The first-order valence-electron chi connectivity index (χ1n) is 8.86. The van der Waals surface area contributed by atoms with Gasteiger partial charge in [-0.25, -0.2) is 0 Å². The van der Waals surface area contributed by atoms with Gasteiger partial charge in [0, 0.05) is 44.4 Å². The highest BCUT2D eigenvalue weighted by atomic mass is 16.6. The summed E-state index contributed by atoms with van der Waals surface area (Å²) in [6, 6.07) is 10.9. The van der Waals surface area contributed by atoms with Gasteiger partial charge in [0.15, 0.2) is 5.78 Å². The molecule has 8 nitrogen and oxygen atoms in total. The van der Waals surface area contributed by atoms with Gasteiger partial charge in [0.2, 0.25) is 0 Å². The zero-order valence-corrected chi connectivity index (χ0v) is 15.8. The van der Waals surface area contributed by atoms with Crippen LogP contribution in [0.4, 0.5) is 11.4 Å². The van der Waals surface area contributed by atoms with Gasteiger partial charge in [-0.1, -0.05) is 18.2 Å². The maximum atomic E-state index is 13.1. The van der Waals surface area contributed by atoms with E-state index in [2.05, 4.69) is 0 Å². The minimum atomic E-state index is -0.517. The summed E-state index contributed by atoms with van der Waals surface area (Å²) in [4.78, 5) is 40.1. The summed E-state index contributed by atoms with van der Waals surface area (Å²) >= 11 is 0. The van der Waals surface area contributed by atoms with Crippen molar-refractivity contribution in [1.29, 1.82) is 0 Å². The third kappa shape index (κ3) is 3.86. The predicted molar refractivity (Wildman–Crippen MR) is 104 cm³/mol. The number of carbonyl (C=O) groups excluding carboxylic acids is 2. The second-order valence-electron chi connectivity index (χ2n) is 6.63. The van der Waals surface area contributed by atoms with Gasteiger partial charge in [-0.15, -0.1) is 0 Å². The number of nitro groups is 1. The van der Waals surface area contributed by atoms with E-state index >= 15 is 0 Å². The lowest BCUT2D eigenvalue weighted by Gasteiger charge is -2.27. The number of benzene rings is 2. The Labute approximate surface area is 162 Å². The summed E-state index contributed by atoms with van der Waals surface area (Å²) in [6.45, 7) is 1.84. The van der Waals surface area contributed by atoms with Crippen LogP contribution in [-0.2, 0) is 4.74 Å². The molecule has 1 aliphatic heterocycles. The van der Waals surface area contributed by atoms with Crippen molar-refractivity contribution in [1.82, 2.24) is 4.90 Å². The first kappa shape index (κ1) is 19.5. The number of ether oxygens (including phenoxy) is 1. The van der Waals surface area contributed by atoms with E-state index in [4.69, 9.17) is 4.74 Å². The molecular weight excluding hydrogens is 362 g/mol. The van der Waals surface area contributed by atoms with E-state index in [0.29, 0.717) is 32.0 Å². The van der Waals surface area contributed by atoms with Crippen molar-refractivity contribution in [2.24, 2.45) is 0 Å². The van der Waals surface area contributed by atoms with Gasteiger partial charge in [0.25, 0.3) is 11.6 Å². The molecule has 0 saturated carbocycles. The summed E-state index contributed by atoms with van der Waals surface area (Å²) in [6.07, 6.45) is 0. The normalized spacial score (nSPS) is 13.9. The van der Waals surface area contributed by atoms with Crippen LogP contribution >= 0.6 is 0 Å².